The number of amides is 1. The molecule has 0 bridgehead atoms. The first-order chi connectivity index (χ1) is 11.8. The summed E-state index contributed by atoms with van der Waals surface area (Å²) in [5.41, 5.74) is -0.0204. The van der Waals surface area contributed by atoms with Gasteiger partial charge in [-0.25, -0.2) is 12.7 Å². The van der Waals surface area contributed by atoms with Crippen LogP contribution in [0.1, 0.15) is 0 Å². The first kappa shape index (κ1) is 18.7. The van der Waals surface area contributed by atoms with Gasteiger partial charge in [-0.2, -0.15) is 0 Å². The standard InChI is InChI=1S/C16H19N3O5S/c1-18(2)25(22,23)12-8-9-16(21)19(10-12)11-15(20)17-13-6-4-5-7-14(13)24-3/h4-10H,11H2,1-3H3,(H,17,20). The van der Waals surface area contributed by atoms with E-state index in [1.165, 1.54) is 27.3 Å². The van der Waals surface area contributed by atoms with Crippen LogP contribution in [0.4, 0.5) is 5.69 Å². The first-order valence-corrected chi connectivity index (χ1v) is 8.75. The Kier molecular flexibility index (Phi) is 5.60. The van der Waals surface area contributed by atoms with Gasteiger partial charge in [0.05, 0.1) is 17.7 Å². The highest BCUT2D eigenvalue weighted by Crippen LogP contribution is 2.22. The molecule has 0 fully saturated rings. The number of nitrogens with one attached hydrogen (secondary N) is 1. The van der Waals surface area contributed by atoms with Crippen LogP contribution in [0.25, 0.3) is 0 Å². The second kappa shape index (κ2) is 7.49. The van der Waals surface area contributed by atoms with E-state index in [-0.39, 0.29) is 11.4 Å². The van der Waals surface area contributed by atoms with Crippen molar-refractivity contribution in [3.8, 4) is 5.75 Å². The molecule has 0 radical (unpaired) electrons. The predicted octanol–water partition coefficient (Wildman–Crippen LogP) is 0.746. The van der Waals surface area contributed by atoms with Crippen LogP contribution in [-0.4, -0.2) is 44.4 Å². The number of ether oxygens (including phenoxy) is 1. The van der Waals surface area contributed by atoms with Gasteiger partial charge in [0.1, 0.15) is 12.3 Å². The van der Waals surface area contributed by atoms with Crippen molar-refractivity contribution in [3.63, 3.8) is 0 Å². The van der Waals surface area contributed by atoms with Crippen molar-refractivity contribution in [2.45, 2.75) is 11.4 Å². The third-order valence-electron chi connectivity index (χ3n) is 3.43. The zero-order valence-electron chi connectivity index (χ0n) is 14.1. The quantitative estimate of drug-likeness (QED) is 0.814. The van der Waals surface area contributed by atoms with E-state index in [1.807, 2.05) is 0 Å². The van der Waals surface area contributed by atoms with Gasteiger partial charge in [0.2, 0.25) is 15.9 Å². The minimum atomic E-state index is -3.70. The van der Waals surface area contributed by atoms with E-state index in [4.69, 9.17) is 4.74 Å². The van der Waals surface area contributed by atoms with Crippen LogP contribution in [0.15, 0.2) is 52.3 Å². The van der Waals surface area contributed by atoms with Gasteiger partial charge in [-0.05, 0) is 18.2 Å². The van der Waals surface area contributed by atoms with Crippen LogP contribution in [0, 0.1) is 0 Å². The molecule has 1 aromatic carbocycles. The number of para-hydroxylation sites is 2. The highest BCUT2D eigenvalue weighted by molar-refractivity contribution is 7.89. The minimum Gasteiger partial charge on any atom is -0.495 e. The van der Waals surface area contributed by atoms with E-state index >= 15 is 0 Å². The van der Waals surface area contributed by atoms with Crippen LogP contribution < -0.4 is 15.6 Å². The number of carbonyl (C=O) groups is 1. The third-order valence-corrected chi connectivity index (χ3v) is 5.23. The summed E-state index contributed by atoms with van der Waals surface area (Å²) in [5.74, 6) is -0.00173. The van der Waals surface area contributed by atoms with Gasteiger partial charge in [0.25, 0.3) is 5.56 Å². The number of sulfonamides is 1. The zero-order valence-corrected chi connectivity index (χ0v) is 14.9. The molecule has 0 saturated heterocycles. The van der Waals surface area contributed by atoms with Gasteiger partial charge in [-0.3, -0.25) is 9.59 Å². The number of pyridine rings is 1. The largest absolute Gasteiger partial charge is 0.495 e. The molecule has 0 unspecified atom stereocenters. The summed E-state index contributed by atoms with van der Waals surface area (Å²) < 4.78 is 31.5. The highest BCUT2D eigenvalue weighted by Gasteiger charge is 2.19. The number of hydrogen-bond donors (Lipinski definition) is 1. The lowest BCUT2D eigenvalue weighted by Gasteiger charge is -2.14. The fourth-order valence-electron chi connectivity index (χ4n) is 2.09. The Balaban J connectivity index is 2.25. The molecule has 2 rings (SSSR count). The number of methoxy groups -OCH3 is 1. The van der Waals surface area contributed by atoms with Crippen LogP contribution in [-0.2, 0) is 21.4 Å². The monoisotopic (exact) mass is 365 g/mol. The lowest BCUT2D eigenvalue weighted by molar-refractivity contribution is -0.116. The Morgan fingerprint density at radius 3 is 2.52 bits per heavy atom. The van der Waals surface area contributed by atoms with Gasteiger partial charge in [-0.15, -0.1) is 0 Å². The van der Waals surface area contributed by atoms with Crippen molar-refractivity contribution >= 4 is 21.6 Å². The van der Waals surface area contributed by atoms with E-state index < -0.39 is 21.5 Å². The van der Waals surface area contributed by atoms with Gasteiger partial charge in [0.15, 0.2) is 0 Å². The van der Waals surface area contributed by atoms with E-state index in [0.717, 1.165) is 21.1 Å². The third kappa shape index (κ3) is 4.25. The maximum Gasteiger partial charge on any atom is 0.251 e. The molecular formula is C16H19N3O5S. The number of carbonyl (C=O) groups excluding carboxylic acids is 1. The maximum atomic E-state index is 12.2. The molecule has 8 nitrogen and oxygen atoms in total. The molecular weight excluding hydrogens is 346 g/mol. The second-order valence-corrected chi connectivity index (χ2v) is 7.52. The lowest BCUT2D eigenvalue weighted by atomic mass is 10.3. The van der Waals surface area contributed by atoms with Crippen molar-refractivity contribution in [1.29, 1.82) is 0 Å². The van der Waals surface area contributed by atoms with Crippen molar-refractivity contribution in [2.24, 2.45) is 0 Å². The van der Waals surface area contributed by atoms with Crippen LogP contribution >= 0.6 is 0 Å². The Labute approximate surface area is 145 Å². The normalized spacial score (nSPS) is 11.4. The van der Waals surface area contributed by atoms with Crippen molar-refractivity contribution in [3.05, 3.63) is 52.9 Å². The average Bonchev–Trinajstić information content (AvgIpc) is 2.57. The molecule has 1 heterocycles. The van der Waals surface area contributed by atoms with Gasteiger partial charge in [-0.1, -0.05) is 12.1 Å². The number of aromatic nitrogens is 1. The number of rotatable bonds is 6. The topological polar surface area (TPSA) is 97.7 Å². The Morgan fingerprint density at radius 1 is 1.20 bits per heavy atom. The van der Waals surface area contributed by atoms with Crippen LogP contribution in [0.2, 0.25) is 0 Å². The Hall–Kier alpha value is -2.65. The van der Waals surface area contributed by atoms with Crippen molar-refractivity contribution in [1.82, 2.24) is 8.87 Å². The van der Waals surface area contributed by atoms with Gasteiger partial charge in [0, 0.05) is 26.4 Å². The molecule has 0 aliphatic carbocycles. The smallest absolute Gasteiger partial charge is 0.251 e. The Bertz CT molecular complexity index is 935. The highest BCUT2D eigenvalue weighted by atomic mass is 32.2. The van der Waals surface area contributed by atoms with E-state index in [9.17, 15) is 18.0 Å². The fraction of sp³-hybridized carbons (Fsp3) is 0.250. The van der Waals surface area contributed by atoms with E-state index in [1.54, 1.807) is 24.3 Å². The average molecular weight is 365 g/mol. The Morgan fingerprint density at radius 2 is 1.88 bits per heavy atom. The maximum absolute atomic E-state index is 12.2. The zero-order chi connectivity index (χ0) is 18.6. The summed E-state index contributed by atoms with van der Waals surface area (Å²) >= 11 is 0. The van der Waals surface area contributed by atoms with Crippen LogP contribution in [0.3, 0.4) is 0 Å². The molecule has 1 N–H and O–H groups in total. The fourth-order valence-corrected chi connectivity index (χ4v) is 3.01. The van der Waals surface area contributed by atoms with Gasteiger partial charge < -0.3 is 14.6 Å². The van der Waals surface area contributed by atoms with E-state index in [2.05, 4.69) is 5.32 Å². The summed E-state index contributed by atoms with van der Waals surface area (Å²) in [6.07, 6.45) is 1.15. The summed E-state index contributed by atoms with van der Waals surface area (Å²) in [6.45, 7) is -0.326. The first-order valence-electron chi connectivity index (χ1n) is 7.31. The number of anilines is 1. The van der Waals surface area contributed by atoms with Crippen LogP contribution in [0.5, 0.6) is 5.75 Å². The molecule has 0 spiro atoms. The molecule has 1 amide bonds. The summed E-state index contributed by atoms with van der Waals surface area (Å²) in [7, 11) is 0.554. The molecule has 25 heavy (non-hydrogen) atoms. The predicted molar refractivity (Wildman–Crippen MR) is 93.2 cm³/mol. The van der Waals surface area contributed by atoms with E-state index in [0.29, 0.717) is 11.4 Å². The van der Waals surface area contributed by atoms with Crippen molar-refractivity contribution < 1.29 is 17.9 Å². The summed E-state index contributed by atoms with van der Waals surface area (Å²) in [4.78, 5) is 24.1. The molecule has 0 aliphatic heterocycles. The molecule has 1 aromatic heterocycles. The number of benzene rings is 1. The SMILES string of the molecule is COc1ccccc1NC(=O)Cn1cc(S(=O)(=O)N(C)C)ccc1=O. The molecule has 9 heteroatoms. The molecule has 0 saturated carbocycles. The number of hydrogen-bond acceptors (Lipinski definition) is 5. The van der Waals surface area contributed by atoms with Gasteiger partial charge >= 0.3 is 0 Å². The second-order valence-electron chi connectivity index (χ2n) is 5.37. The molecule has 0 atom stereocenters. The molecule has 2 aromatic rings. The summed E-state index contributed by atoms with van der Waals surface area (Å²) in [5, 5.41) is 2.63. The lowest BCUT2D eigenvalue weighted by Crippen LogP contribution is -2.29. The number of nitrogens with zero attached hydrogens (tertiary/aromatic N) is 2. The van der Waals surface area contributed by atoms with Crippen molar-refractivity contribution in [2.75, 3.05) is 26.5 Å². The minimum absolute atomic E-state index is 0.0674. The molecule has 134 valence electrons. The molecule has 0 aliphatic rings. The summed E-state index contributed by atoms with van der Waals surface area (Å²) in [6, 6.07) is 9.17.